The molecular formula is C11H14ClF. The molecule has 1 atom stereocenters. The highest BCUT2D eigenvalue weighted by Gasteiger charge is 2.07. The molecule has 0 aliphatic carbocycles. The largest absolute Gasteiger partial charge is 0.207 e. The summed E-state index contributed by atoms with van der Waals surface area (Å²) in [5.74, 6) is -0.149. The van der Waals surface area contributed by atoms with Crippen LogP contribution < -0.4 is 0 Å². The highest BCUT2D eigenvalue weighted by atomic mass is 35.5. The van der Waals surface area contributed by atoms with Crippen LogP contribution in [0.3, 0.4) is 0 Å². The van der Waals surface area contributed by atoms with Crippen LogP contribution in [0.5, 0.6) is 0 Å². The number of alkyl halides is 1. The van der Waals surface area contributed by atoms with Crippen LogP contribution in [-0.4, -0.2) is 5.38 Å². The fourth-order valence-corrected chi connectivity index (χ4v) is 1.70. The molecule has 0 radical (unpaired) electrons. The first-order valence-electron chi connectivity index (χ1n) is 4.61. The summed E-state index contributed by atoms with van der Waals surface area (Å²) in [6.45, 7) is 2.08. The van der Waals surface area contributed by atoms with E-state index in [4.69, 9.17) is 11.6 Å². The molecule has 1 rings (SSSR count). The van der Waals surface area contributed by atoms with Crippen molar-refractivity contribution in [3.05, 3.63) is 35.6 Å². The second kappa shape index (κ2) is 5.23. The summed E-state index contributed by atoms with van der Waals surface area (Å²) >= 11 is 6.02. The van der Waals surface area contributed by atoms with Crippen LogP contribution in [0, 0.1) is 5.82 Å². The van der Waals surface area contributed by atoms with E-state index in [0.29, 0.717) is 6.42 Å². The van der Waals surface area contributed by atoms with Gasteiger partial charge < -0.3 is 0 Å². The van der Waals surface area contributed by atoms with E-state index in [1.54, 1.807) is 12.1 Å². The zero-order chi connectivity index (χ0) is 9.68. The smallest absolute Gasteiger partial charge is 0.126 e. The minimum absolute atomic E-state index is 0.0573. The monoisotopic (exact) mass is 200 g/mol. The number of hydrogen-bond acceptors (Lipinski definition) is 0. The molecule has 0 fully saturated rings. The molecule has 0 aliphatic rings. The Hall–Kier alpha value is -0.560. The van der Waals surface area contributed by atoms with Gasteiger partial charge in [0.2, 0.25) is 0 Å². The van der Waals surface area contributed by atoms with Crippen molar-refractivity contribution >= 4 is 11.6 Å². The second-order valence-electron chi connectivity index (χ2n) is 3.18. The van der Waals surface area contributed by atoms with Crippen LogP contribution in [0.15, 0.2) is 24.3 Å². The van der Waals surface area contributed by atoms with Crippen molar-refractivity contribution in [2.24, 2.45) is 0 Å². The van der Waals surface area contributed by atoms with Crippen molar-refractivity contribution in [2.45, 2.75) is 31.6 Å². The Morgan fingerprint density at radius 1 is 1.38 bits per heavy atom. The van der Waals surface area contributed by atoms with Crippen LogP contribution in [0.2, 0.25) is 0 Å². The maximum absolute atomic E-state index is 13.1. The molecule has 0 N–H and O–H groups in total. The molecule has 1 aromatic rings. The minimum atomic E-state index is -0.149. The first kappa shape index (κ1) is 10.5. The van der Waals surface area contributed by atoms with E-state index >= 15 is 0 Å². The van der Waals surface area contributed by atoms with Gasteiger partial charge in [-0.2, -0.15) is 0 Å². The Bertz CT molecular complexity index is 260. The summed E-state index contributed by atoms with van der Waals surface area (Å²) in [5, 5.41) is 0.0573. The summed E-state index contributed by atoms with van der Waals surface area (Å²) in [6, 6.07) is 6.81. The zero-order valence-corrected chi connectivity index (χ0v) is 8.52. The van der Waals surface area contributed by atoms with E-state index in [1.165, 1.54) is 6.07 Å². The first-order valence-corrected chi connectivity index (χ1v) is 5.05. The van der Waals surface area contributed by atoms with E-state index in [-0.39, 0.29) is 11.2 Å². The van der Waals surface area contributed by atoms with E-state index < -0.39 is 0 Å². The number of hydrogen-bond donors (Lipinski definition) is 0. The molecule has 1 unspecified atom stereocenters. The quantitative estimate of drug-likeness (QED) is 0.649. The number of halogens is 2. The average Bonchev–Trinajstić information content (AvgIpc) is 2.09. The molecule has 72 valence electrons. The van der Waals surface area contributed by atoms with Gasteiger partial charge >= 0.3 is 0 Å². The van der Waals surface area contributed by atoms with E-state index in [2.05, 4.69) is 6.92 Å². The SMILES string of the molecule is CCCC(Cl)Cc1ccccc1F. The molecule has 0 nitrogen and oxygen atoms in total. The Morgan fingerprint density at radius 2 is 2.08 bits per heavy atom. The van der Waals surface area contributed by atoms with Crippen molar-refractivity contribution in [3.8, 4) is 0 Å². The summed E-state index contributed by atoms with van der Waals surface area (Å²) in [7, 11) is 0. The molecule has 0 saturated carbocycles. The van der Waals surface area contributed by atoms with Crippen molar-refractivity contribution in [1.29, 1.82) is 0 Å². The van der Waals surface area contributed by atoms with Gasteiger partial charge in [-0.3, -0.25) is 0 Å². The van der Waals surface area contributed by atoms with Gasteiger partial charge in [0.25, 0.3) is 0 Å². The van der Waals surface area contributed by atoms with Gasteiger partial charge in [-0.1, -0.05) is 31.5 Å². The summed E-state index contributed by atoms with van der Waals surface area (Å²) < 4.78 is 13.1. The number of rotatable bonds is 4. The molecular weight excluding hydrogens is 187 g/mol. The first-order chi connectivity index (χ1) is 6.24. The van der Waals surface area contributed by atoms with Crippen molar-refractivity contribution in [3.63, 3.8) is 0 Å². The molecule has 13 heavy (non-hydrogen) atoms. The average molecular weight is 201 g/mol. The predicted octanol–water partition coefficient (Wildman–Crippen LogP) is 3.78. The third-order valence-corrected chi connectivity index (χ3v) is 2.37. The Morgan fingerprint density at radius 3 is 2.69 bits per heavy atom. The van der Waals surface area contributed by atoms with Gasteiger partial charge in [0.05, 0.1) is 0 Å². The van der Waals surface area contributed by atoms with Crippen LogP contribution in [0.4, 0.5) is 4.39 Å². The summed E-state index contributed by atoms with van der Waals surface area (Å²) in [5.41, 5.74) is 0.718. The van der Waals surface area contributed by atoms with Crippen LogP contribution in [0.25, 0.3) is 0 Å². The lowest BCUT2D eigenvalue weighted by Gasteiger charge is -2.08. The third kappa shape index (κ3) is 3.35. The molecule has 0 bridgehead atoms. The van der Waals surface area contributed by atoms with Gasteiger partial charge in [-0.05, 0) is 24.5 Å². The van der Waals surface area contributed by atoms with Crippen molar-refractivity contribution in [1.82, 2.24) is 0 Å². The second-order valence-corrected chi connectivity index (χ2v) is 3.80. The molecule has 1 aromatic carbocycles. The standard InChI is InChI=1S/C11H14ClF/c1-2-5-10(12)8-9-6-3-4-7-11(9)13/h3-4,6-7,10H,2,5,8H2,1H3. The zero-order valence-electron chi connectivity index (χ0n) is 7.76. The highest BCUT2D eigenvalue weighted by molar-refractivity contribution is 6.20. The maximum atomic E-state index is 13.1. The number of benzene rings is 1. The fourth-order valence-electron chi connectivity index (χ4n) is 1.32. The van der Waals surface area contributed by atoms with Gasteiger partial charge in [-0.15, -0.1) is 11.6 Å². The molecule has 2 heteroatoms. The van der Waals surface area contributed by atoms with Gasteiger partial charge in [-0.25, -0.2) is 4.39 Å². The molecule has 0 spiro atoms. The van der Waals surface area contributed by atoms with Crippen molar-refractivity contribution in [2.75, 3.05) is 0 Å². The molecule has 0 aromatic heterocycles. The molecule has 0 saturated heterocycles. The van der Waals surface area contributed by atoms with E-state index in [9.17, 15) is 4.39 Å². The van der Waals surface area contributed by atoms with Gasteiger partial charge in [0.15, 0.2) is 0 Å². The lowest BCUT2D eigenvalue weighted by Crippen LogP contribution is -2.04. The van der Waals surface area contributed by atoms with Gasteiger partial charge in [0, 0.05) is 5.38 Å². The Balaban J connectivity index is 2.58. The highest BCUT2D eigenvalue weighted by Crippen LogP contribution is 2.15. The van der Waals surface area contributed by atoms with E-state index in [1.807, 2.05) is 6.07 Å². The van der Waals surface area contributed by atoms with E-state index in [0.717, 1.165) is 18.4 Å². The summed E-state index contributed by atoms with van der Waals surface area (Å²) in [4.78, 5) is 0. The predicted molar refractivity (Wildman–Crippen MR) is 54.7 cm³/mol. The normalized spacial score (nSPS) is 12.8. The van der Waals surface area contributed by atoms with Crippen LogP contribution in [-0.2, 0) is 6.42 Å². The van der Waals surface area contributed by atoms with Crippen molar-refractivity contribution < 1.29 is 4.39 Å². The molecule has 0 heterocycles. The van der Waals surface area contributed by atoms with Crippen LogP contribution >= 0.6 is 11.6 Å². The Labute approximate surface area is 83.7 Å². The molecule has 0 amide bonds. The lowest BCUT2D eigenvalue weighted by molar-refractivity contribution is 0.600. The Kier molecular flexibility index (Phi) is 4.23. The third-order valence-electron chi connectivity index (χ3n) is 2.00. The molecule has 0 aliphatic heterocycles. The minimum Gasteiger partial charge on any atom is -0.207 e. The topological polar surface area (TPSA) is 0 Å². The fraction of sp³-hybridized carbons (Fsp3) is 0.455. The summed E-state index contributed by atoms with van der Waals surface area (Å²) in [6.07, 6.45) is 2.61. The maximum Gasteiger partial charge on any atom is 0.126 e. The lowest BCUT2D eigenvalue weighted by atomic mass is 10.1. The van der Waals surface area contributed by atoms with Gasteiger partial charge in [0.1, 0.15) is 5.82 Å². The van der Waals surface area contributed by atoms with Crippen LogP contribution in [0.1, 0.15) is 25.3 Å².